The fraction of sp³-hybridized carbons (Fsp3) is 0.467. The molecule has 4 N–H and O–H groups in total. The number of carbonyl (C=O) groups is 2. The summed E-state index contributed by atoms with van der Waals surface area (Å²) in [6.45, 7) is 7.28. The third-order valence-corrected chi connectivity index (χ3v) is 3.38. The fourth-order valence-electron chi connectivity index (χ4n) is 1.76. The first-order valence-corrected chi connectivity index (χ1v) is 6.79. The van der Waals surface area contributed by atoms with E-state index in [0.717, 1.165) is 12.0 Å². The third-order valence-electron chi connectivity index (χ3n) is 3.38. The van der Waals surface area contributed by atoms with E-state index in [1.165, 1.54) is 6.92 Å². The highest BCUT2D eigenvalue weighted by Crippen LogP contribution is 2.20. The SMILES string of the molecule is CCC(C)C(N)C(=O)Nc1ccc(C)c(NC(C)=O)c1. The predicted octanol–water partition coefficient (Wildman–Crippen LogP) is 2.27. The van der Waals surface area contributed by atoms with Crippen LogP contribution in [0.1, 0.15) is 32.8 Å². The van der Waals surface area contributed by atoms with Gasteiger partial charge in [0.05, 0.1) is 6.04 Å². The molecule has 5 heteroatoms. The summed E-state index contributed by atoms with van der Waals surface area (Å²) in [7, 11) is 0. The van der Waals surface area contributed by atoms with E-state index in [1.807, 2.05) is 26.8 Å². The van der Waals surface area contributed by atoms with Crippen LogP contribution in [0.25, 0.3) is 0 Å². The standard InChI is InChI=1S/C15H23N3O2/c1-5-9(2)14(16)15(20)18-12-7-6-10(3)13(8-12)17-11(4)19/h6-9,14H,5,16H2,1-4H3,(H,17,19)(H,18,20). The van der Waals surface area contributed by atoms with Gasteiger partial charge in [-0.15, -0.1) is 0 Å². The lowest BCUT2D eigenvalue weighted by Gasteiger charge is -2.18. The second-order valence-electron chi connectivity index (χ2n) is 5.11. The van der Waals surface area contributed by atoms with Crippen molar-refractivity contribution in [2.24, 2.45) is 11.7 Å². The van der Waals surface area contributed by atoms with E-state index >= 15 is 0 Å². The molecule has 2 amide bonds. The van der Waals surface area contributed by atoms with Gasteiger partial charge in [0.1, 0.15) is 0 Å². The van der Waals surface area contributed by atoms with Gasteiger partial charge >= 0.3 is 0 Å². The first kappa shape index (κ1) is 16.2. The van der Waals surface area contributed by atoms with Crippen LogP contribution in [-0.2, 0) is 9.59 Å². The summed E-state index contributed by atoms with van der Waals surface area (Å²) in [6, 6.07) is 4.83. The van der Waals surface area contributed by atoms with Crippen molar-refractivity contribution < 1.29 is 9.59 Å². The van der Waals surface area contributed by atoms with Crippen molar-refractivity contribution in [2.45, 2.75) is 40.2 Å². The minimum absolute atomic E-state index is 0.121. The van der Waals surface area contributed by atoms with Gasteiger partial charge in [0, 0.05) is 18.3 Å². The maximum atomic E-state index is 12.0. The molecule has 1 rings (SSSR count). The minimum Gasteiger partial charge on any atom is -0.326 e. The Bertz CT molecular complexity index is 500. The smallest absolute Gasteiger partial charge is 0.241 e. The molecule has 5 nitrogen and oxygen atoms in total. The van der Waals surface area contributed by atoms with Gasteiger partial charge in [-0.25, -0.2) is 0 Å². The maximum Gasteiger partial charge on any atom is 0.241 e. The van der Waals surface area contributed by atoms with E-state index < -0.39 is 6.04 Å². The van der Waals surface area contributed by atoms with Gasteiger partial charge in [0.2, 0.25) is 11.8 Å². The highest BCUT2D eigenvalue weighted by Gasteiger charge is 2.19. The molecule has 2 atom stereocenters. The molecular weight excluding hydrogens is 254 g/mol. The summed E-state index contributed by atoms with van der Waals surface area (Å²) in [5, 5.41) is 5.51. The Morgan fingerprint density at radius 3 is 2.50 bits per heavy atom. The quantitative estimate of drug-likeness (QED) is 0.772. The molecule has 0 aliphatic heterocycles. The number of hydrogen-bond donors (Lipinski definition) is 3. The van der Waals surface area contributed by atoms with E-state index in [1.54, 1.807) is 12.1 Å². The maximum absolute atomic E-state index is 12.0. The number of hydrogen-bond acceptors (Lipinski definition) is 3. The molecule has 0 saturated carbocycles. The summed E-state index contributed by atoms with van der Waals surface area (Å²) < 4.78 is 0. The van der Waals surface area contributed by atoms with Crippen LogP contribution >= 0.6 is 0 Å². The Balaban J connectivity index is 2.82. The molecule has 0 saturated heterocycles. The van der Waals surface area contributed by atoms with E-state index in [4.69, 9.17) is 5.73 Å². The van der Waals surface area contributed by atoms with Crippen molar-refractivity contribution >= 4 is 23.2 Å². The molecule has 0 fully saturated rings. The minimum atomic E-state index is -0.537. The molecule has 0 bridgehead atoms. The van der Waals surface area contributed by atoms with Gasteiger partial charge in [0.25, 0.3) is 0 Å². The van der Waals surface area contributed by atoms with Crippen molar-refractivity contribution in [1.82, 2.24) is 0 Å². The number of rotatable bonds is 5. The fourth-order valence-corrected chi connectivity index (χ4v) is 1.76. The lowest BCUT2D eigenvalue weighted by atomic mass is 9.99. The molecule has 2 unspecified atom stereocenters. The van der Waals surface area contributed by atoms with Crippen LogP contribution in [-0.4, -0.2) is 17.9 Å². The Morgan fingerprint density at radius 1 is 1.30 bits per heavy atom. The molecule has 0 aromatic heterocycles. The molecule has 0 aliphatic rings. The van der Waals surface area contributed by atoms with Gasteiger partial charge in [-0.05, 0) is 30.5 Å². The Labute approximate surface area is 119 Å². The number of aryl methyl sites for hydroxylation is 1. The molecule has 20 heavy (non-hydrogen) atoms. The molecule has 1 aromatic rings. The van der Waals surface area contributed by atoms with Crippen molar-refractivity contribution in [2.75, 3.05) is 10.6 Å². The Morgan fingerprint density at radius 2 is 1.95 bits per heavy atom. The number of benzene rings is 1. The van der Waals surface area contributed by atoms with E-state index in [-0.39, 0.29) is 17.7 Å². The van der Waals surface area contributed by atoms with Crippen LogP contribution in [0.5, 0.6) is 0 Å². The van der Waals surface area contributed by atoms with Crippen LogP contribution in [0.2, 0.25) is 0 Å². The van der Waals surface area contributed by atoms with E-state index in [9.17, 15) is 9.59 Å². The van der Waals surface area contributed by atoms with Crippen molar-refractivity contribution in [1.29, 1.82) is 0 Å². The van der Waals surface area contributed by atoms with Crippen molar-refractivity contribution in [3.05, 3.63) is 23.8 Å². The predicted molar refractivity (Wildman–Crippen MR) is 81.5 cm³/mol. The average Bonchev–Trinajstić information content (AvgIpc) is 2.40. The van der Waals surface area contributed by atoms with Crippen LogP contribution in [0.3, 0.4) is 0 Å². The van der Waals surface area contributed by atoms with Crippen molar-refractivity contribution in [3.8, 4) is 0 Å². The lowest BCUT2D eigenvalue weighted by Crippen LogP contribution is -2.40. The lowest BCUT2D eigenvalue weighted by molar-refractivity contribution is -0.118. The molecule has 1 aromatic carbocycles. The van der Waals surface area contributed by atoms with Gasteiger partial charge in [-0.1, -0.05) is 26.3 Å². The van der Waals surface area contributed by atoms with Crippen LogP contribution in [0, 0.1) is 12.8 Å². The Kier molecular flexibility index (Phi) is 5.70. The molecule has 110 valence electrons. The summed E-state index contributed by atoms with van der Waals surface area (Å²) in [5.41, 5.74) is 8.14. The van der Waals surface area contributed by atoms with Gasteiger partial charge < -0.3 is 16.4 Å². The van der Waals surface area contributed by atoms with Gasteiger partial charge in [0.15, 0.2) is 0 Å². The van der Waals surface area contributed by atoms with Crippen molar-refractivity contribution in [3.63, 3.8) is 0 Å². The van der Waals surface area contributed by atoms with Crippen LogP contribution < -0.4 is 16.4 Å². The topological polar surface area (TPSA) is 84.2 Å². The first-order valence-electron chi connectivity index (χ1n) is 6.79. The zero-order chi connectivity index (χ0) is 15.3. The highest BCUT2D eigenvalue weighted by atomic mass is 16.2. The van der Waals surface area contributed by atoms with E-state index in [0.29, 0.717) is 11.4 Å². The van der Waals surface area contributed by atoms with Gasteiger partial charge in [-0.3, -0.25) is 9.59 Å². The molecule has 0 heterocycles. The van der Waals surface area contributed by atoms with Crippen LogP contribution in [0.4, 0.5) is 11.4 Å². The second-order valence-corrected chi connectivity index (χ2v) is 5.11. The number of anilines is 2. The van der Waals surface area contributed by atoms with Crippen LogP contribution in [0.15, 0.2) is 18.2 Å². The zero-order valence-electron chi connectivity index (χ0n) is 12.5. The summed E-state index contributed by atoms with van der Waals surface area (Å²) in [5.74, 6) is -0.236. The summed E-state index contributed by atoms with van der Waals surface area (Å²) in [4.78, 5) is 23.1. The average molecular weight is 277 g/mol. The monoisotopic (exact) mass is 277 g/mol. The zero-order valence-corrected chi connectivity index (χ0v) is 12.5. The normalized spacial score (nSPS) is 13.4. The molecular formula is C15H23N3O2. The molecule has 0 radical (unpaired) electrons. The number of nitrogens with one attached hydrogen (secondary N) is 2. The summed E-state index contributed by atoms with van der Waals surface area (Å²) >= 11 is 0. The number of carbonyl (C=O) groups excluding carboxylic acids is 2. The number of nitrogens with two attached hydrogens (primary N) is 1. The summed E-state index contributed by atoms with van der Waals surface area (Å²) in [6.07, 6.45) is 0.847. The Hall–Kier alpha value is -1.88. The largest absolute Gasteiger partial charge is 0.326 e. The van der Waals surface area contributed by atoms with Gasteiger partial charge in [-0.2, -0.15) is 0 Å². The highest BCUT2D eigenvalue weighted by molar-refractivity contribution is 5.96. The molecule has 0 aliphatic carbocycles. The number of amides is 2. The first-order chi connectivity index (χ1) is 9.35. The third kappa shape index (κ3) is 4.35. The van der Waals surface area contributed by atoms with E-state index in [2.05, 4.69) is 10.6 Å². The molecule has 0 spiro atoms. The second kappa shape index (κ2) is 7.05.